The van der Waals surface area contributed by atoms with Gasteiger partial charge in [0, 0.05) is 25.3 Å². The molecule has 0 radical (unpaired) electrons. The van der Waals surface area contributed by atoms with Crippen molar-refractivity contribution in [1.82, 2.24) is 9.55 Å². The second-order valence-electron chi connectivity index (χ2n) is 6.03. The number of hydrogen-bond acceptors (Lipinski definition) is 3. The Balaban J connectivity index is 2.38. The van der Waals surface area contributed by atoms with Crippen LogP contribution in [-0.2, 0) is 0 Å². The van der Waals surface area contributed by atoms with Crippen LogP contribution in [0.2, 0.25) is 0 Å². The number of aromatic nitrogens is 2. The third-order valence-corrected chi connectivity index (χ3v) is 3.90. The molecule has 2 aromatic rings. The van der Waals surface area contributed by atoms with E-state index in [4.69, 9.17) is 5.73 Å². The zero-order valence-corrected chi connectivity index (χ0v) is 13.7. The van der Waals surface area contributed by atoms with Crippen LogP contribution in [0.15, 0.2) is 30.7 Å². The normalized spacial score (nSPS) is 12.7. The fraction of sp³-hybridized carbons (Fsp3) is 0.471. The molecule has 1 heterocycles. The number of nitrogens with zero attached hydrogens (tertiary/aromatic N) is 3. The summed E-state index contributed by atoms with van der Waals surface area (Å²) in [5.41, 5.74) is 11.0. The van der Waals surface area contributed by atoms with Gasteiger partial charge < -0.3 is 15.2 Å². The lowest BCUT2D eigenvalue weighted by atomic mass is 10.1. The quantitative estimate of drug-likeness (QED) is 0.918. The van der Waals surface area contributed by atoms with E-state index in [0.29, 0.717) is 12.6 Å². The Morgan fingerprint density at radius 3 is 2.33 bits per heavy atom. The van der Waals surface area contributed by atoms with Gasteiger partial charge in [0.05, 0.1) is 24.3 Å². The van der Waals surface area contributed by atoms with Crippen molar-refractivity contribution in [2.45, 2.75) is 39.8 Å². The molecule has 0 aliphatic carbocycles. The number of rotatable bonds is 5. The SMILES string of the molecule is Cc1cc(C)cc(N(C)C(CN)c2cncn2C(C)C)c1. The molecule has 1 atom stereocenters. The second-order valence-corrected chi connectivity index (χ2v) is 6.03. The van der Waals surface area contributed by atoms with E-state index in [2.05, 4.69) is 67.4 Å². The fourth-order valence-electron chi connectivity index (χ4n) is 2.82. The summed E-state index contributed by atoms with van der Waals surface area (Å²) in [7, 11) is 2.10. The molecule has 0 saturated carbocycles. The molecule has 21 heavy (non-hydrogen) atoms. The zero-order chi connectivity index (χ0) is 15.6. The van der Waals surface area contributed by atoms with Gasteiger partial charge in [0.1, 0.15) is 0 Å². The molecule has 1 unspecified atom stereocenters. The molecule has 0 aliphatic heterocycles. The Morgan fingerprint density at radius 1 is 1.19 bits per heavy atom. The van der Waals surface area contributed by atoms with Crippen LogP contribution in [0.5, 0.6) is 0 Å². The van der Waals surface area contributed by atoms with Crippen molar-refractivity contribution in [1.29, 1.82) is 0 Å². The van der Waals surface area contributed by atoms with Gasteiger partial charge in [-0.05, 0) is 51.0 Å². The van der Waals surface area contributed by atoms with Crippen LogP contribution in [0.25, 0.3) is 0 Å². The third-order valence-electron chi connectivity index (χ3n) is 3.90. The summed E-state index contributed by atoms with van der Waals surface area (Å²) in [6.45, 7) is 9.13. The molecular weight excluding hydrogens is 260 g/mol. The summed E-state index contributed by atoms with van der Waals surface area (Å²) in [6, 6.07) is 7.09. The summed E-state index contributed by atoms with van der Waals surface area (Å²) in [5.74, 6) is 0. The molecule has 0 bridgehead atoms. The Labute approximate surface area is 127 Å². The Hall–Kier alpha value is -1.81. The van der Waals surface area contributed by atoms with E-state index in [-0.39, 0.29) is 6.04 Å². The Bertz CT molecular complexity index is 580. The molecule has 1 aromatic heterocycles. The van der Waals surface area contributed by atoms with Crippen molar-refractivity contribution in [3.05, 3.63) is 47.5 Å². The number of benzene rings is 1. The first-order chi connectivity index (χ1) is 9.93. The van der Waals surface area contributed by atoms with Crippen molar-refractivity contribution in [3.8, 4) is 0 Å². The molecule has 0 fully saturated rings. The highest BCUT2D eigenvalue weighted by atomic mass is 15.2. The Morgan fingerprint density at radius 2 is 1.81 bits per heavy atom. The van der Waals surface area contributed by atoms with Gasteiger partial charge in [-0.15, -0.1) is 0 Å². The van der Waals surface area contributed by atoms with Crippen LogP contribution in [0.4, 0.5) is 5.69 Å². The number of nitrogens with two attached hydrogens (primary N) is 1. The summed E-state index contributed by atoms with van der Waals surface area (Å²) in [6.07, 6.45) is 3.81. The maximum atomic E-state index is 6.06. The first kappa shape index (κ1) is 15.6. The minimum atomic E-state index is 0.121. The van der Waals surface area contributed by atoms with Crippen LogP contribution in [0.1, 0.15) is 42.8 Å². The largest absolute Gasteiger partial charge is 0.365 e. The van der Waals surface area contributed by atoms with Crippen molar-refractivity contribution in [3.63, 3.8) is 0 Å². The molecule has 0 aliphatic rings. The van der Waals surface area contributed by atoms with E-state index < -0.39 is 0 Å². The van der Waals surface area contributed by atoms with Gasteiger partial charge in [0.25, 0.3) is 0 Å². The predicted octanol–water partition coefficient (Wildman–Crippen LogP) is 3.22. The first-order valence-corrected chi connectivity index (χ1v) is 7.47. The van der Waals surface area contributed by atoms with Gasteiger partial charge in [-0.3, -0.25) is 0 Å². The van der Waals surface area contributed by atoms with Gasteiger partial charge in [0.2, 0.25) is 0 Å². The lowest BCUT2D eigenvalue weighted by Gasteiger charge is -2.31. The zero-order valence-electron chi connectivity index (χ0n) is 13.7. The van der Waals surface area contributed by atoms with Crippen LogP contribution < -0.4 is 10.6 Å². The molecule has 2 N–H and O–H groups in total. The van der Waals surface area contributed by atoms with Crippen molar-refractivity contribution in [2.24, 2.45) is 5.73 Å². The van der Waals surface area contributed by atoms with Crippen molar-refractivity contribution >= 4 is 5.69 Å². The van der Waals surface area contributed by atoms with Crippen LogP contribution in [0, 0.1) is 13.8 Å². The number of likely N-dealkylation sites (N-methyl/N-ethyl adjacent to an activating group) is 1. The summed E-state index contributed by atoms with van der Waals surface area (Å²) in [4.78, 5) is 6.55. The predicted molar refractivity (Wildman–Crippen MR) is 88.7 cm³/mol. The number of aryl methyl sites for hydroxylation is 2. The van der Waals surface area contributed by atoms with Crippen LogP contribution in [0.3, 0.4) is 0 Å². The molecular formula is C17H26N4. The highest BCUT2D eigenvalue weighted by Gasteiger charge is 2.21. The Kier molecular flexibility index (Phi) is 4.68. The summed E-state index contributed by atoms with van der Waals surface area (Å²) in [5, 5.41) is 0. The highest BCUT2D eigenvalue weighted by Crippen LogP contribution is 2.27. The maximum Gasteiger partial charge on any atom is 0.0951 e. The van der Waals surface area contributed by atoms with Crippen LogP contribution in [-0.4, -0.2) is 23.1 Å². The first-order valence-electron chi connectivity index (χ1n) is 7.47. The third kappa shape index (κ3) is 3.27. The van der Waals surface area contributed by atoms with Gasteiger partial charge in [-0.25, -0.2) is 4.98 Å². The molecule has 114 valence electrons. The maximum absolute atomic E-state index is 6.06. The lowest BCUT2D eigenvalue weighted by molar-refractivity contribution is 0.533. The van der Waals surface area contributed by atoms with E-state index in [1.807, 2.05) is 12.5 Å². The second kappa shape index (κ2) is 6.31. The van der Waals surface area contributed by atoms with Gasteiger partial charge in [-0.2, -0.15) is 0 Å². The lowest BCUT2D eigenvalue weighted by Crippen LogP contribution is -2.32. The van der Waals surface area contributed by atoms with Gasteiger partial charge >= 0.3 is 0 Å². The number of imidazole rings is 1. The van der Waals surface area contributed by atoms with Crippen molar-refractivity contribution in [2.75, 3.05) is 18.5 Å². The summed E-state index contributed by atoms with van der Waals surface area (Å²) >= 11 is 0. The number of hydrogen-bond donors (Lipinski definition) is 1. The minimum Gasteiger partial charge on any atom is -0.365 e. The molecule has 0 saturated heterocycles. The topological polar surface area (TPSA) is 47.1 Å². The fourth-order valence-corrected chi connectivity index (χ4v) is 2.82. The standard InChI is InChI=1S/C17H26N4/c1-12(2)21-11-19-10-17(21)16(9-18)20(5)15-7-13(3)6-14(4)8-15/h6-8,10-12,16H,9,18H2,1-5H3. The van der Waals surface area contributed by atoms with E-state index in [0.717, 1.165) is 5.69 Å². The molecule has 4 nitrogen and oxygen atoms in total. The highest BCUT2D eigenvalue weighted by molar-refractivity contribution is 5.52. The van der Waals surface area contributed by atoms with E-state index in [1.54, 1.807) is 0 Å². The average Bonchev–Trinajstić information content (AvgIpc) is 2.87. The van der Waals surface area contributed by atoms with Crippen LogP contribution >= 0.6 is 0 Å². The number of anilines is 1. The monoisotopic (exact) mass is 286 g/mol. The molecule has 2 rings (SSSR count). The van der Waals surface area contributed by atoms with E-state index in [1.165, 1.54) is 16.8 Å². The van der Waals surface area contributed by atoms with Crippen molar-refractivity contribution < 1.29 is 0 Å². The average molecular weight is 286 g/mol. The van der Waals surface area contributed by atoms with Gasteiger partial charge in [0.15, 0.2) is 0 Å². The van der Waals surface area contributed by atoms with Gasteiger partial charge in [-0.1, -0.05) is 6.07 Å². The molecule has 4 heteroatoms. The smallest absolute Gasteiger partial charge is 0.0951 e. The summed E-state index contributed by atoms with van der Waals surface area (Å²) < 4.78 is 2.19. The molecule has 1 aromatic carbocycles. The molecule has 0 spiro atoms. The van der Waals surface area contributed by atoms with E-state index in [9.17, 15) is 0 Å². The van der Waals surface area contributed by atoms with E-state index >= 15 is 0 Å². The minimum absolute atomic E-state index is 0.121. The molecule has 0 amide bonds.